The quantitative estimate of drug-likeness (QED) is 0.120. The average molecular weight is 604 g/mol. The van der Waals surface area contributed by atoms with Gasteiger partial charge in [-0.3, -0.25) is 10.0 Å². The van der Waals surface area contributed by atoms with Gasteiger partial charge in [-0.15, -0.1) is 0 Å². The standard InChI is InChI=1S/C33H38FN5O5/c1-43-28-12-9-20(15-27(28)40)32-29(44-13-5-3-2-4-6-31(41)38-42)18-30(39-24-10-11-25(39)17-23(36)16-24)37-33(32)21-7-8-22(19-35)26(34)14-21/h7-9,12,14-15,18,23-25,40,42H,2-6,10-11,13,16-17,36H2,1H3,(H,38,41). The number of carbonyl (C=O) groups is 1. The number of aromatic hydroxyl groups is 1. The number of ether oxygens (including phenoxy) is 2. The number of aromatic nitrogens is 1. The number of phenolic OH excluding ortho intramolecular Hbond substituents is 1. The molecular weight excluding hydrogens is 565 g/mol. The summed E-state index contributed by atoms with van der Waals surface area (Å²) >= 11 is 0. The number of halogens is 1. The van der Waals surface area contributed by atoms with E-state index in [2.05, 4.69) is 4.90 Å². The van der Waals surface area contributed by atoms with E-state index < -0.39 is 11.7 Å². The van der Waals surface area contributed by atoms with Crippen LogP contribution in [0.5, 0.6) is 17.2 Å². The molecule has 10 nitrogen and oxygen atoms in total. The molecule has 3 heterocycles. The Morgan fingerprint density at radius 2 is 1.82 bits per heavy atom. The van der Waals surface area contributed by atoms with Crippen molar-refractivity contribution in [1.29, 1.82) is 5.26 Å². The van der Waals surface area contributed by atoms with Gasteiger partial charge in [0.15, 0.2) is 11.5 Å². The third-order valence-electron chi connectivity index (χ3n) is 8.51. The molecule has 0 aliphatic carbocycles. The van der Waals surface area contributed by atoms with E-state index in [4.69, 9.17) is 25.4 Å². The molecule has 44 heavy (non-hydrogen) atoms. The number of rotatable bonds is 12. The van der Waals surface area contributed by atoms with Gasteiger partial charge in [0.05, 0.1) is 30.5 Å². The van der Waals surface area contributed by atoms with Crippen molar-refractivity contribution in [3.05, 3.63) is 53.8 Å². The highest BCUT2D eigenvalue weighted by atomic mass is 19.1. The summed E-state index contributed by atoms with van der Waals surface area (Å²) in [6.45, 7) is 0.379. The Hall–Kier alpha value is -4.40. The second-order valence-electron chi connectivity index (χ2n) is 11.5. The molecule has 2 unspecified atom stereocenters. The number of unbranched alkanes of at least 4 members (excludes halogenated alkanes) is 3. The van der Waals surface area contributed by atoms with Crippen LogP contribution in [-0.4, -0.2) is 53.0 Å². The number of hydrogen-bond acceptors (Lipinski definition) is 9. The summed E-state index contributed by atoms with van der Waals surface area (Å²) in [7, 11) is 1.47. The van der Waals surface area contributed by atoms with Crippen molar-refractivity contribution in [3.63, 3.8) is 0 Å². The van der Waals surface area contributed by atoms with Crippen LogP contribution in [0.2, 0.25) is 0 Å². The SMILES string of the molecule is COc1ccc(-c2c(OCCCCCCC(=O)NO)cc(N3C4CCC3CC(N)C4)nc2-c2ccc(C#N)c(F)c2)cc1O. The molecule has 3 aromatic rings. The Morgan fingerprint density at radius 1 is 1.09 bits per heavy atom. The van der Waals surface area contributed by atoms with E-state index in [9.17, 15) is 19.6 Å². The number of phenols is 1. The van der Waals surface area contributed by atoms with E-state index >= 15 is 0 Å². The van der Waals surface area contributed by atoms with Crippen molar-refractivity contribution >= 4 is 11.7 Å². The molecule has 1 aromatic heterocycles. The van der Waals surface area contributed by atoms with Gasteiger partial charge in [0.1, 0.15) is 23.5 Å². The molecule has 2 atom stereocenters. The Kier molecular flexibility index (Phi) is 9.82. The molecule has 2 bridgehead atoms. The van der Waals surface area contributed by atoms with E-state index in [1.807, 2.05) is 12.1 Å². The van der Waals surface area contributed by atoms with Crippen molar-refractivity contribution in [2.75, 3.05) is 18.6 Å². The Labute approximate surface area is 256 Å². The van der Waals surface area contributed by atoms with Crippen LogP contribution in [-0.2, 0) is 4.79 Å². The van der Waals surface area contributed by atoms with E-state index in [0.29, 0.717) is 46.9 Å². The largest absolute Gasteiger partial charge is 0.504 e. The normalized spacial score (nSPS) is 19.0. The number of hydroxylamine groups is 1. The van der Waals surface area contributed by atoms with Gasteiger partial charge in [-0.05, 0) is 68.4 Å². The van der Waals surface area contributed by atoms with Crippen LogP contribution in [0.3, 0.4) is 0 Å². The minimum atomic E-state index is -0.651. The van der Waals surface area contributed by atoms with Crippen LogP contribution in [0, 0.1) is 17.1 Å². The van der Waals surface area contributed by atoms with Crippen LogP contribution in [0.1, 0.15) is 63.4 Å². The molecule has 2 aromatic carbocycles. The summed E-state index contributed by atoms with van der Waals surface area (Å²) in [5.74, 6) is 0.443. The first-order valence-electron chi connectivity index (χ1n) is 15.0. The van der Waals surface area contributed by atoms with Gasteiger partial charge in [-0.25, -0.2) is 14.9 Å². The first-order valence-corrected chi connectivity index (χ1v) is 15.0. The monoisotopic (exact) mass is 603 g/mol. The lowest BCUT2D eigenvalue weighted by Crippen LogP contribution is -2.47. The van der Waals surface area contributed by atoms with Crippen LogP contribution in [0.4, 0.5) is 10.2 Å². The Bertz CT molecular complexity index is 1530. The predicted molar refractivity (Wildman–Crippen MR) is 163 cm³/mol. The molecule has 5 rings (SSSR count). The molecule has 2 saturated heterocycles. The molecule has 2 fully saturated rings. The number of nitrogens with zero attached hydrogens (tertiary/aromatic N) is 3. The number of methoxy groups -OCH3 is 1. The lowest BCUT2D eigenvalue weighted by Gasteiger charge is -2.39. The van der Waals surface area contributed by atoms with Gasteiger partial charge >= 0.3 is 0 Å². The van der Waals surface area contributed by atoms with Crippen LogP contribution < -0.4 is 25.6 Å². The predicted octanol–water partition coefficient (Wildman–Crippen LogP) is 5.43. The van der Waals surface area contributed by atoms with E-state index in [0.717, 1.165) is 50.8 Å². The van der Waals surface area contributed by atoms with E-state index in [1.165, 1.54) is 19.2 Å². The fraction of sp³-hybridized carbons (Fsp3) is 0.424. The van der Waals surface area contributed by atoms with Crippen molar-refractivity contribution in [2.45, 2.75) is 75.9 Å². The zero-order valence-corrected chi connectivity index (χ0v) is 24.8. The summed E-state index contributed by atoms with van der Waals surface area (Å²) in [6, 6.07) is 13.9. The minimum absolute atomic E-state index is 0.0630. The van der Waals surface area contributed by atoms with Crippen molar-refractivity contribution in [2.24, 2.45) is 5.73 Å². The second kappa shape index (κ2) is 13.9. The van der Waals surface area contributed by atoms with Gasteiger partial charge in [0.2, 0.25) is 5.91 Å². The highest BCUT2D eigenvalue weighted by Crippen LogP contribution is 2.46. The first kappa shape index (κ1) is 31.0. The van der Waals surface area contributed by atoms with Crippen LogP contribution in [0.25, 0.3) is 22.4 Å². The zero-order valence-electron chi connectivity index (χ0n) is 24.8. The van der Waals surface area contributed by atoms with Crippen LogP contribution >= 0.6 is 0 Å². The van der Waals surface area contributed by atoms with E-state index in [1.54, 1.807) is 29.7 Å². The van der Waals surface area contributed by atoms with Crippen molar-refractivity contribution < 1.29 is 29.0 Å². The molecule has 11 heteroatoms. The number of hydrogen-bond donors (Lipinski definition) is 4. The van der Waals surface area contributed by atoms with Crippen molar-refractivity contribution in [3.8, 4) is 45.7 Å². The summed E-state index contributed by atoms with van der Waals surface area (Å²) in [5, 5.41) is 28.7. The lowest BCUT2D eigenvalue weighted by atomic mass is 9.95. The summed E-state index contributed by atoms with van der Waals surface area (Å²) < 4.78 is 26.7. The van der Waals surface area contributed by atoms with Gasteiger partial charge < -0.3 is 25.2 Å². The third kappa shape index (κ3) is 6.72. The van der Waals surface area contributed by atoms with Gasteiger partial charge in [-0.2, -0.15) is 5.26 Å². The maximum atomic E-state index is 15.0. The maximum Gasteiger partial charge on any atom is 0.243 e. The topological polar surface area (TPSA) is 154 Å². The van der Waals surface area contributed by atoms with Crippen molar-refractivity contribution in [1.82, 2.24) is 10.5 Å². The summed E-state index contributed by atoms with van der Waals surface area (Å²) in [6.07, 6.45) is 6.98. The molecule has 232 valence electrons. The molecule has 1 amide bonds. The number of anilines is 1. The average Bonchev–Trinajstić information content (AvgIpc) is 3.30. The number of fused-ring (bicyclic) bond motifs is 2. The fourth-order valence-electron chi connectivity index (χ4n) is 6.41. The second-order valence-corrected chi connectivity index (χ2v) is 11.5. The number of nitrogens with one attached hydrogen (secondary N) is 1. The van der Waals surface area contributed by atoms with Gasteiger partial charge in [0, 0.05) is 36.2 Å². The van der Waals surface area contributed by atoms with Gasteiger partial charge in [0.25, 0.3) is 0 Å². The van der Waals surface area contributed by atoms with Crippen LogP contribution in [0.15, 0.2) is 42.5 Å². The lowest BCUT2D eigenvalue weighted by molar-refractivity contribution is -0.129. The number of piperidine rings is 1. The molecule has 2 aliphatic rings. The molecule has 0 saturated carbocycles. The zero-order chi connectivity index (χ0) is 31.2. The maximum absolute atomic E-state index is 15.0. The summed E-state index contributed by atoms with van der Waals surface area (Å²) in [5.41, 5.74) is 10.1. The highest BCUT2D eigenvalue weighted by molar-refractivity contribution is 5.88. The molecule has 2 aliphatic heterocycles. The smallest absolute Gasteiger partial charge is 0.243 e. The Morgan fingerprint density at radius 3 is 2.48 bits per heavy atom. The number of benzene rings is 2. The fourth-order valence-corrected chi connectivity index (χ4v) is 6.41. The van der Waals surface area contributed by atoms with E-state index in [-0.39, 0.29) is 35.9 Å². The molecular formula is C33H38FN5O5. The Balaban J connectivity index is 1.56. The number of nitriles is 1. The number of pyridine rings is 1. The molecule has 0 spiro atoms. The minimum Gasteiger partial charge on any atom is -0.504 e. The third-order valence-corrected chi connectivity index (χ3v) is 8.51. The van der Waals surface area contributed by atoms with Gasteiger partial charge in [-0.1, -0.05) is 25.0 Å². The number of amides is 1. The molecule has 0 radical (unpaired) electrons. The first-order chi connectivity index (χ1) is 21.3. The highest BCUT2D eigenvalue weighted by Gasteiger charge is 2.41. The summed E-state index contributed by atoms with van der Waals surface area (Å²) in [4.78, 5) is 18.7. The number of nitrogens with two attached hydrogens (primary N) is 1. The number of carbonyl (C=O) groups excluding carboxylic acids is 1. The molecule has 5 N–H and O–H groups in total.